The van der Waals surface area contributed by atoms with Crippen molar-refractivity contribution < 1.29 is 18.7 Å². The lowest BCUT2D eigenvalue weighted by atomic mass is 10.1. The van der Waals surface area contributed by atoms with Gasteiger partial charge in [-0.3, -0.25) is 0 Å². The van der Waals surface area contributed by atoms with E-state index < -0.39 is 17.6 Å². The lowest BCUT2D eigenvalue weighted by Gasteiger charge is -2.22. The Bertz CT molecular complexity index is 836. The number of halogens is 1. The zero-order chi connectivity index (χ0) is 21.0. The molecular formula is C22H28FN3O3. The Kier molecular flexibility index (Phi) is 6.25. The van der Waals surface area contributed by atoms with Gasteiger partial charge in [0.25, 0.3) is 0 Å². The number of benzene rings is 1. The summed E-state index contributed by atoms with van der Waals surface area (Å²) in [4.78, 5) is 17.6. The van der Waals surface area contributed by atoms with Crippen molar-refractivity contribution >= 4 is 11.8 Å². The number of hydrogen-bond donors (Lipinski definition) is 1. The highest BCUT2D eigenvalue weighted by Crippen LogP contribution is 2.25. The average Bonchev–Trinajstić information content (AvgIpc) is 3.09. The summed E-state index contributed by atoms with van der Waals surface area (Å²) in [6.45, 7) is 8.91. The summed E-state index contributed by atoms with van der Waals surface area (Å²) >= 11 is 0. The van der Waals surface area contributed by atoms with Gasteiger partial charge >= 0.3 is 6.09 Å². The first-order valence-corrected chi connectivity index (χ1v) is 9.82. The highest BCUT2D eigenvalue weighted by atomic mass is 19.1. The van der Waals surface area contributed by atoms with Gasteiger partial charge in [-0.2, -0.15) is 4.39 Å². The number of amides is 1. The van der Waals surface area contributed by atoms with E-state index in [1.807, 2.05) is 52.0 Å². The minimum absolute atomic E-state index is 0.0365. The number of carbonyl (C=O) groups excluding carboxylic acids is 1. The minimum atomic E-state index is -0.529. The van der Waals surface area contributed by atoms with Crippen molar-refractivity contribution in [2.24, 2.45) is 0 Å². The van der Waals surface area contributed by atoms with Crippen LogP contribution in [0.2, 0.25) is 0 Å². The van der Waals surface area contributed by atoms with Crippen LogP contribution in [0.4, 0.5) is 14.9 Å². The molecule has 0 spiro atoms. The van der Waals surface area contributed by atoms with Crippen molar-refractivity contribution in [3.8, 4) is 5.75 Å². The fourth-order valence-electron chi connectivity index (χ4n) is 3.24. The second kappa shape index (κ2) is 8.68. The first-order chi connectivity index (χ1) is 13.7. The van der Waals surface area contributed by atoms with Crippen molar-refractivity contribution in [1.82, 2.24) is 10.3 Å². The second-order valence-electron chi connectivity index (χ2n) is 8.25. The van der Waals surface area contributed by atoms with Crippen molar-refractivity contribution in [2.75, 3.05) is 18.0 Å². The van der Waals surface area contributed by atoms with Crippen LogP contribution in [-0.2, 0) is 4.74 Å². The molecule has 0 unspecified atom stereocenters. The van der Waals surface area contributed by atoms with Crippen molar-refractivity contribution in [1.29, 1.82) is 0 Å². The molecule has 2 atom stereocenters. The molecule has 0 radical (unpaired) electrons. The molecule has 1 saturated heterocycles. The lowest BCUT2D eigenvalue weighted by molar-refractivity contribution is 0.0508. The molecule has 1 fully saturated rings. The van der Waals surface area contributed by atoms with E-state index in [-0.39, 0.29) is 12.1 Å². The summed E-state index contributed by atoms with van der Waals surface area (Å²) in [6, 6.07) is 10.7. The molecule has 0 saturated carbocycles. The number of ether oxygens (including phenoxy) is 2. The third-order valence-electron chi connectivity index (χ3n) is 4.64. The quantitative estimate of drug-likeness (QED) is 0.749. The molecule has 6 nitrogen and oxygen atoms in total. The van der Waals surface area contributed by atoms with Crippen LogP contribution in [0.3, 0.4) is 0 Å². The van der Waals surface area contributed by atoms with Crippen molar-refractivity contribution in [3.63, 3.8) is 0 Å². The van der Waals surface area contributed by atoms with Crippen LogP contribution >= 0.6 is 0 Å². The molecule has 1 N–H and O–H groups in total. The average molecular weight is 401 g/mol. The van der Waals surface area contributed by atoms with E-state index in [1.54, 1.807) is 6.07 Å². The third kappa shape index (κ3) is 6.07. The predicted molar refractivity (Wildman–Crippen MR) is 110 cm³/mol. The summed E-state index contributed by atoms with van der Waals surface area (Å²) in [5.41, 5.74) is 1.25. The molecule has 0 bridgehead atoms. The number of pyridine rings is 1. The third-order valence-corrected chi connectivity index (χ3v) is 4.64. The Morgan fingerprint density at radius 3 is 2.66 bits per heavy atom. The van der Waals surface area contributed by atoms with Crippen LogP contribution in [0, 0.1) is 5.95 Å². The normalized spacial score (nSPS) is 17.7. The molecule has 2 heterocycles. The molecule has 2 aromatic rings. The molecule has 7 heteroatoms. The van der Waals surface area contributed by atoms with Gasteiger partial charge < -0.3 is 19.7 Å². The zero-order valence-corrected chi connectivity index (χ0v) is 17.3. The monoisotopic (exact) mass is 401 g/mol. The summed E-state index contributed by atoms with van der Waals surface area (Å²) in [6.07, 6.45) is 1.94. The Morgan fingerprint density at radius 1 is 1.28 bits per heavy atom. The SMILES string of the molecule is C[C@H](NC(=O)OC(C)(C)C)c1ccc(O[C@@H]2CCN(c3ccnc(F)c3)C2)cc1. The Balaban J connectivity index is 1.52. The van der Waals surface area contributed by atoms with Crippen molar-refractivity contribution in [2.45, 2.75) is 51.9 Å². The van der Waals surface area contributed by atoms with Gasteiger partial charge in [-0.1, -0.05) is 12.1 Å². The number of nitrogens with zero attached hydrogens (tertiary/aromatic N) is 2. The van der Waals surface area contributed by atoms with Gasteiger partial charge in [0.2, 0.25) is 5.95 Å². The number of hydrogen-bond acceptors (Lipinski definition) is 5. The number of aromatic nitrogens is 1. The molecule has 1 amide bonds. The molecule has 0 aliphatic carbocycles. The van der Waals surface area contributed by atoms with E-state index in [0.717, 1.165) is 30.0 Å². The molecule has 29 heavy (non-hydrogen) atoms. The van der Waals surface area contributed by atoms with Crippen LogP contribution in [0.5, 0.6) is 5.75 Å². The van der Waals surface area contributed by atoms with Crippen LogP contribution in [0.15, 0.2) is 42.6 Å². The maximum Gasteiger partial charge on any atom is 0.408 e. The topological polar surface area (TPSA) is 63.7 Å². The molecule has 1 aliphatic rings. The Hall–Kier alpha value is -2.83. The van der Waals surface area contributed by atoms with Gasteiger partial charge in [0, 0.05) is 30.9 Å². The first-order valence-electron chi connectivity index (χ1n) is 9.82. The highest BCUT2D eigenvalue weighted by Gasteiger charge is 2.25. The van der Waals surface area contributed by atoms with Gasteiger partial charge in [0.15, 0.2) is 0 Å². The maximum atomic E-state index is 13.3. The van der Waals surface area contributed by atoms with Crippen LogP contribution < -0.4 is 15.0 Å². The first kappa shape index (κ1) is 20.9. The summed E-state index contributed by atoms with van der Waals surface area (Å²) in [5.74, 6) is 0.294. The van der Waals surface area contributed by atoms with E-state index in [4.69, 9.17) is 9.47 Å². The van der Waals surface area contributed by atoms with Crippen molar-refractivity contribution in [3.05, 3.63) is 54.1 Å². The largest absolute Gasteiger partial charge is 0.489 e. The van der Waals surface area contributed by atoms with E-state index in [2.05, 4.69) is 15.2 Å². The number of carbonyl (C=O) groups is 1. The van der Waals surface area contributed by atoms with Gasteiger partial charge in [0.1, 0.15) is 17.5 Å². The van der Waals surface area contributed by atoms with E-state index >= 15 is 0 Å². The van der Waals surface area contributed by atoms with Crippen LogP contribution in [0.1, 0.15) is 45.7 Å². The Morgan fingerprint density at radius 2 is 2.00 bits per heavy atom. The number of anilines is 1. The van der Waals surface area contributed by atoms with Gasteiger partial charge in [-0.15, -0.1) is 0 Å². The molecule has 1 aliphatic heterocycles. The number of alkyl carbamates (subject to hydrolysis) is 1. The standard InChI is InChI=1S/C22H28FN3O3/c1-15(25-21(27)29-22(2,3)4)16-5-7-18(8-6-16)28-19-10-12-26(14-19)17-9-11-24-20(23)13-17/h5-9,11,13,15,19H,10,12,14H2,1-4H3,(H,25,27)/t15-,19+/m0/s1. The zero-order valence-electron chi connectivity index (χ0n) is 17.3. The Labute approximate surface area is 171 Å². The van der Waals surface area contributed by atoms with Crippen LogP contribution in [0.25, 0.3) is 0 Å². The maximum absolute atomic E-state index is 13.3. The van der Waals surface area contributed by atoms with Gasteiger partial charge in [0.05, 0.1) is 12.6 Å². The van der Waals surface area contributed by atoms with E-state index in [9.17, 15) is 9.18 Å². The molecule has 1 aromatic heterocycles. The van der Waals surface area contributed by atoms with Gasteiger partial charge in [-0.05, 0) is 51.5 Å². The van der Waals surface area contributed by atoms with E-state index in [1.165, 1.54) is 12.3 Å². The smallest absolute Gasteiger partial charge is 0.408 e. The molecule has 156 valence electrons. The van der Waals surface area contributed by atoms with Crippen LogP contribution in [-0.4, -0.2) is 35.9 Å². The molecule has 3 rings (SSSR count). The lowest BCUT2D eigenvalue weighted by Crippen LogP contribution is -2.34. The molecular weight excluding hydrogens is 373 g/mol. The predicted octanol–water partition coefficient (Wildman–Crippen LogP) is 4.46. The fraction of sp³-hybridized carbons (Fsp3) is 0.455. The summed E-state index contributed by atoms with van der Waals surface area (Å²) < 4.78 is 24.7. The van der Waals surface area contributed by atoms with Gasteiger partial charge in [-0.25, -0.2) is 9.78 Å². The summed E-state index contributed by atoms with van der Waals surface area (Å²) in [5, 5.41) is 2.83. The van der Waals surface area contributed by atoms with E-state index in [0.29, 0.717) is 6.54 Å². The minimum Gasteiger partial charge on any atom is -0.489 e. The molecule has 1 aromatic carbocycles. The fourth-order valence-corrected chi connectivity index (χ4v) is 3.24. The number of rotatable bonds is 5. The summed E-state index contributed by atoms with van der Waals surface area (Å²) in [7, 11) is 0. The number of nitrogens with one attached hydrogen (secondary N) is 1. The highest BCUT2D eigenvalue weighted by molar-refractivity contribution is 5.68. The second-order valence-corrected chi connectivity index (χ2v) is 8.25.